The van der Waals surface area contributed by atoms with Gasteiger partial charge in [0.15, 0.2) is 0 Å². The molecule has 0 N–H and O–H groups in total. The number of benzene rings is 2. The van der Waals surface area contributed by atoms with Gasteiger partial charge >= 0.3 is 150 Å². The quantitative estimate of drug-likeness (QED) is 0.447. The Morgan fingerprint density at radius 1 is 1.08 bits per heavy atom. The molecule has 0 amide bonds. The van der Waals surface area contributed by atoms with Crippen molar-refractivity contribution in [1.82, 2.24) is 0 Å². The zero-order valence-electron chi connectivity index (χ0n) is 14.4. The Morgan fingerprint density at radius 2 is 1.79 bits per heavy atom. The molecular formula is C20H23NO2Se. The van der Waals surface area contributed by atoms with Crippen LogP contribution in [-0.2, 0) is 4.79 Å². The van der Waals surface area contributed by atoms with E-state index in [0.29, 0.717) is 0 Å². The van der Waals surface area contributed by atoms with Crippen LogP contribution in [0, 0.1) is 0 Å². The Morgan fingerprint density at radius 3 is 2.46 bits per heavy atom. The Balaban J connectivity index is 1.87. The number of carbonyl (C=O) groups excluding carboxylic acids is 1. The Bertz CT molecular complexity index is 713. The zero-order chi connectivity index (χ0) is 17.1. The minimum atomic E-state index is -0.0875. The molecule has 0 saturated heterocycles. The van der Waals surface area contributed by atoms with E-state index in [-0.39, 0.29) is 31.7 Å². The molecule has 0 bridgehead atoms. The Labute approximate surface area is 150 Å². The van der Waals surface area contributed by atoms with Crippen molar-refractivity contribution in [3.05, 3.63) is 54.1 Å². The van der Waals surface area contributed by atoms with Crippen molar-refractivity contribution >= 4 is 31.1 Å². The first kappa shape index (κ1) is 17.1. The molecule has 0 radical (unpaired) electrons. The van der Waals surface area contributed by atoms with Crippen LogP contribution >= 0.6 is 0 Å². The molecule has 1 aliphatic heterocycles. The number of nitrogens with zero attached hydrogens (tertiary/aromatic N) is 1. The average molecular weight is 388 g/mol. The molecule has 2 aromatic rings. The first-order chi connectivity index (χ1) is 11.6. The third-order valence-corrected chi connectivity index (χ3v) is 7.45. The van der Waals surface area contributed by atoms with Gasteiger partial charge in [-0.05, 0) is 0 Å². The van der Waals surface area contributed by atoms with Crippen LogP contribution in [0.3, 0.4) is 0 Å². The van der Waals surface area contributed by atoms with E-state index in [0.717, 1.165) is 30.1 Å². The van der Waals surface area contributed by atoms with Gasteiger partial charge in [0.05, 0.1) is 0 Å². The SMILES string of the molecule is CCN(CC)c1ccc2c(c1)OC(=O)C([Se]c1ccccc1)C2C. The number of ether oxygens (including phenoxy) is 1. The van der Waals surface area contributed by atoms with Gasteiger partial charge in [-0.1, -0.05) is 0 Å². The van der Waals surface area contributed by atoms with Gasteiger partial charge in [-0.15, -0.1) is 0 Å². The van der Waals surface area contributed by atoms with Crippen LogP contribution in [0.1, 0.15) is 32.3 Å². The summed E-state index contributed by atoms with van der Waals surface area (Å²) in [7, 11) is 0. The molecule has 0 aromatic heterocycles. The van der Waals surface area contributed by atoms with Crippen LogP contribution in [-0.4, -0.2) is 34.0 Å². The van der Waals surface area contributed by atoms with E-state index >= 15 is 0 Å². The molecular weight excluding hydrogens is 365 g/mol. The molecule has 0 saturated carbocycles. The van der Waals surface area contributed by atoms with Crippen LogP contribution < -0.4 is 14.1 Å². The van der Waals surface area contributed by atoms with Gasteiger partial charge in [-0.3, -0.25) is 0 Å². The van der Waals surface area contributed by atoms with Crippen molar-refractivity contribution in [2.75, 3.05) is 18.0 Å². The second-order valence-corrected chi connectivity index (χ2v) is 8.50. The number of hydrogen-bond acceptors (Lipinski definition) is 3. The Hall–Kier alpha value is -1.77. The molecule has 2 unspecified atom stereocenters. The summed E-state index contributed by atoms with van der Waals surface area (Å²) in [5.41, 5.74) is 2.26. The summed E-state index contributed by atoms with van der Waals surface area (Å²) < 4.78 is 6.95. The van der Waals surface area contributed by atoms with E-state index in [9.17, 15) is 4.79 Å². The fourth-order valence-electron chi connectivity index (χ4n) is 3.10. The van der Waals surface area contributed by atoms with Crippen LogP contribution in [0.2, 0.25) is 4.82 Å². The maximum absolute atomic E-state index is 12.6. The second kappa shape index (κ2) is 7.41. The van der Waals surface area contributed by atoms with Crippen molar-refractivity contribution in [3.63, 3.8) is 0 Å². The van der Waals surface area contributed by atoms with Gasteiger partial charge in [-0.25, -0.2) is 0 Å². The number of hydrogen-bond donors (Lipinski definition) is 0. The van der Waals surface area contributed by atoms with Gasteiger partial charge < -0.3 is 0 Å². The van der Waals surface area contributed by atoms with E-state index in [1.165, 1.54) is 4.46 Å². The number of rotatable bonds is 5. The molecule has 126 valence electrons. The number of carbonyl (C=O) groups is 1. The first-order valence-corrected chi connectivity index (χ1v) is 10.3. The Kier molecular flexibility index (Phi) is 5.27. The summed E-state index contributed by atoms with van der Waals surface area (Å²) in [6.45, 7) is 8.30. The molecule has 0 spiro atoms. The summed E-state index contributed by atoms with van der Waals surface area (Å²) in [5, 5.41) is 0. The van der Waals surface area contributed by atoms with Crippen LogP contribution in [0.5, 0.6) is 5.75 Å². The maximum atomic E-state index is 12.6. The first-order valence-electron chi connectivity index (χ1n) is 8.46. The van der Waals surface area contributed by atoms with E-state index in [1.54, 1.807) is 0 Å². The fourth-order valence-corrected chi connectivity index (χ4v) is 5.42. The zero-order valence-corrected chi connectivity index (χ0v) is 16.1. The van der Waals surface area contributed by atoms with Gasteiger partial charge in [-0.2, -0.15) is 0 Å². The van der Waals surface area contributed by atoms with Gasteiger partial charge in [0.1, 0.15) is 0 Å². The van der Waals surface area contributed by atoms with Gasteiger partial charge in [0.25, 0.3) is 0 Å². The molecule has 0 aliphatic carbocycles. The average Bonchev–Trinajstić information content (AvgIpc) is 2.60. The molecule has 0 fully saturated rings. The van der Waals surface area contributed by atoms with Crippen molar-refractivity contribution < 1.29 is 9.53 Å². The molecule has 24 heavy (non-hydrogen) atoms. The predicted molar refractivity (Wildman–Crippen MR) is 99.6 cm³/mol. The van der Waals surface area contributed by atoms with Crippen molar-refractivity contribution in [1.29, 1.82) is 0 Å². The fraction of sp³-hybridized carbons (Fsp3) is 0.350. The second-order valence-electron chi connectivity index (χ2n) is 5.96. The third-order valence-electron chi connectivity index (χ3n) is 4.52. The molecule has 2 aromatic carbocycles. The van der Waals surface area contributed by atoms with Crippen LogP contribution in [0.25, 0.3) is 0 Å². The molecule has 3 rings (SSSR count). The molecule has 1 heterocycles. The minimum absolute atomic E-state index is 0.0632. The molecule has 1 aliphatic rings. The topological polar surface area (TPSA) is 29.5 Å². The van der Waals surface area contributed by atoms with E-state index in [1.807, 2.05) is 24.3 Å². The van der Waals surface area contributed by atoms with Gasteiger partial charge in [0.2, 0.25) is 0 Å². The molecule has 2 atom stereocenters. The number of anilines is 1. The van der Waals surface area contributed by atoms with Crippen molar-refractivity contribution in [3.8, 4) is 5.75 Å². The number of esters is 1. The van der Waals surface area contributed by atoms with Crippen LogP contribution in [0.4, 0.5) is 5.69 Å². The standard InChI is InChI=1S/C20H23NO2Se/c1-4-21(5-2)15-11-12-17-14(3)19(20(22)23-18(17)13-15)24-16-9-7-6-8-10-16/h6-14,19H,4-5H2,1-3H3. The van der Waals surface area contributed by atoms with Crippen molar-refractivity contribution in [2.24, 2.45) is 0 Å². The number of fused-ring (bicyclic) bond motifs is 1. The monoisotopic (exact) mass is 389 g/mol. The van der Waals surface area contributed by atoms with Gasteiger partial charge in [0, 0.05) is 0 Å². The molecule has 4 heteroatoms. The summed E-state index contributed by atoms with van der Waals surface area (Å²) in [4.78, 5) is 14.8. The van der Waals surface area contributed by atoms with E-state index in [2.05, 4.69) is 49.9 Å². The normalized spacial score (nSPS) is 19.5. The summed E-state index contributed by atoms with van der Waals surface area (Å²) >= 11 is 0.0764. The van der Waals surface area contributed by atoms with E-state index in [4.69, 9.17) is 4.74 Å². The van der Waals surface area contributed by atoms with Crippen LogP contribution in [0.15, 0.2) is 48.5 Å². The van der Waals surface area contributed by atoms with Crippen molar-refractivity contribution in [2.45, 2.75) is 31.5 Å². The predicted octanol–water partition coefficient (Wildman–Crippen LogP) is 3.37. The van der Waals surface area contributed by atoms with E-state index < -0.39 is 0 Å². The molecule has 3 nitrogen and oxygen atoms in total. The summed E-state index contributed by atoms with van der Waals surface area (Å²) in [6.07, 6.45) is 0. The third kappa shape index (κ3) is 3.35. The summed E-state index contributed by atoms with van der Waals surface area (Å²) in [6, 6.07) is 16.6. The summed E-state index contributed by atoms with van der Waals surface area (Å²) in [5.74, 6) is 0.833.